The fraction of sp³-hybridized carbons (Fsp3) is 0.105. The number of ether oxygens (including phenoxy) is 1. The van der Waals surface area contributed by atoms with Crippen molar-refractivity contribution < 1.29 is 34.4 Å². The SMILES string of the molecule is CCOC(=O)C=Cc1ccccc1.O=C(O)c1ccc(C(=O)O)c(O)c1. The van der Waals surface area contributed by atoms with Crippen molar-refractivity contribution in [2.75, 3.05) is 6.61 Å². The highest BCUT2D eigenvalue weighted by Gasteiger charge is 2.11. The third-order valence-corrected chi connectivity index (χ3v) is 2.97. The Morgan fingerprint density at radius 1 is 1.00 bits per heavy atom. The number of carbonyl (C=O) groups excluding carboxylic acids is 1. The maximum atomic E-state index is 10.9. The largest absolute Gasteiger partial charge is 0.507 e. The summed E-state index contributed by atoms with van der Waals surface area (Å²) in [5.74, 6) is -3.36. The maximum Gasteiger partial charge on any atom is 0.339 e. The zero-order chi connectivity index (χ0) is 19.5. The van der Waals surface area contributed by atoms with Crippen LogP contribution < -0.4 is 0 Å². The monoisotopic (exact) mass is 358 g/mol. The molecule has 2 aromatic carbocycles. The van der Waals surface area contributed by atoms with Gasteiger partial charge in [0.2, 0.25) is 0 Å². The van der Waals surface area contributed by atoms with E-state index < -0.39 is 17.7 Å². The number of carboxylic acid groups (broad SMARTS) is 2. The minimum atomic E-state index is -1.30. The molecule has 0 radical (unpaired) electrons. The van der Waals surface area contributed by atoms with Gasteiger partial charge in [-0.2, -0.15) is 0 Å². The number of carbonyl (C=O) groups is 3. The summed E-state index contributed by atoms with van der Waals surface area (Å²) in [6, 6.07) is 12.7. The summed E-state index contributed by atoms with van der Waals surface area (Å²) in [5.41, 5.74) is 0.531. The van der Waals surface area contributed by atoms with Gasteiger partial charge in [-0.05, 0) is 36.8 Å². The third kappa shape index (κ3) is 6.88. The van der Waals surface area contributed by atoms with E-state index in [1.165, 1.54) is 6.08 Å². The molecule has 0 aliphatic heterocycles. The number of hydrogen-bond acceptors (Lipinski definition) is 5. The number of esters is 1. The highest BCUT2D eigenvalue weighted by Crippen LogP contribution is 2.18. The second kappa shape index (κ2) is 10.3. The van der Waals surface area contributed by atoms with Crippen LogP contribution in [0, 0.1) is 0 Å². The summed E-state index contributed by atoms with van der Waals surface area (Å²) in [7, 11) is 0. The molecule has 0 aliphatic carbocycles. The predicted molar refractivity (Wildman–Crippen MR) is 94.1 cm³/mol. The van der Waals surface area contributed by atoms with Crippen molar-refractivity contribution in [3.63, 3.8) is 0 Å². The lowest BCUT2D eigenvalue weighted by Crippen LogP contribution is -2.00. The molecule has 0 aromatic heterocycles. The van der Waals surface area contributed by atoms with Crippen LogP contribution in [0.15, 0.2) is 54.6 Å². The van der Waals surface area contributed by atoms with Gasteiger partial charge in [0, 0.05) is 6.08 Å². The Morgan fingerprint density at radius 3 is 2.15 bits per heavy atom. The van der Waals surface area contributed by atoms with E-state index in [-0.39, 0.29) is 17.1 Å². The molecule has 136 valence electrons. The Labute approximate surface area is 149 Å². The molecule has 0 saturated carbocycles. The van der Waals surface area contributed by atoms with E-state index in [2.05, 4.69) is 0 Å². The molecule has 0 spiro atoms. The van der Waals surface area contributed by atoms with Gasteiger partial charge in [0.15, 0.2) is 0 Å². The molecule has 0 saturated heterocycles. The number of aromatic hydroxyl groups is 1. The first kappa shape index (κ1) is 20.4. The smallest absolute Gasteiger partial charge is 0.339 e. The minimum absolute atomic E-state index is 0.150. The highest BCUT2D eigenvalue weighted by molar-refractivity contribution is 5.94. The van der Waals surface area contributed by atoms with Crippen LogP contribution in [0.25, 0.3) is 6.08 Å². The van der Waals surface area contributed by atoms with Crippen LogP contribution in [0.5, 0.6) is 5.75 Å². The topological polar surface area (TPSA) is 121 Å². The molecule has 2 rings (SSSR count). The normalized spacial score (nSPS) is 9.88. The van der Waals surface area contributed by atoms with E-state index in [0.717, 1.165) is 23.8 Å². The molecule has 0 fully saturated rings. The van der Waals surface area contributed by atoms with Crippen molar-refractivity contribution in [1.82, 2.24) is 0 Å². The van der Waals surface area contributed by atoms with Crippen molar-refractivity contribution in [3.8, 4) is 5.75 Å². The summed E-state index contributed by atoms with van der Waals surface area (Å²) in [4.78, 5) is 31.7. The number of benzene rings is 2. The van der Waals surface area contributed by atoms with Gasteiger partial charge < -0.3 is 20.1 Å². The van der Waals surface area contributed by atoms with Gasteiger partial charge in [-0.3, -0.25) is 0 Å². The lowest BCUT2D eigenvalue weighted by atomic mass is 10.1. The van der Waals surface area contributed by atoms with E-state index in [4.69, 9.17) is 20.1 Å². The first-order valence-electron chi connectivity index (χ1n) is 7.54. The molecule has 0 aliphatic rings. The fourth-order valence-corrected chi connectivity index (χ4v) is 1.76. The van der Waals surface area contributed by atoms with Crippen molar-refractivity contribution in [1.29, 1.82) is 0 Å². The van der Waals surface area contributed by atoms with Gasteiger partial charge >= 0.3 is 17.9 Å². The van der Waals surface area contributed by atoms with E-state index in [9.17, 15) is 14.4 Å². The van der Waals surface area contributed by atoms with Crippen molar-refractivity contribution >= 4 is 24.0 Å². The average molecular weight is 358 g/mol. The molecular formula is C19H18O7. The van der Waals surface area contributed by atoms with Crippen LogP contribution in [0.2, 0.25) is 0 Å². The summed E-state index contributed by atoms with van der Waals surface area (Å²) in [5, 5.41) is 26.0. The first-order chi connectivity index (χ1) is 12.3. The number of hydrogen-bond donors (Lipinski definition) is 3. The summed E-state index contributed by atoms with van der Waals surface area (Å²) in [6.07, 6.45) is 3.16. The molecule has 3 N–H and O–H groups in total. The quantitative estimate of drug-likeness (QED) is 0.555. The third-order valence-electron chi connectivity index (χ3n) is 2.97. The summed E-state index contributed by atoms with van der Waals surface area (Å²) < 4.78 is 4.74. The van der Waals surface area contributed by atoms with Crippen LogP contribution in [0.3, 0.4) is 0 Å². The Bertz CT molecular complexity index is 795. The fourth-order valence-electron chi connectivity index (χ4n) is 1.76. The number of rotatable bonds is 5. The van der Waals surface area contributed by atoms with Crippen LogP contribution in [0.4, 0.5) is 0 Å². The zero-order valence-corrected chi connectivity index (χ0v) is 14.0. The Hall–Kier alpha value is -3.61. The van der Waals surface area contributed by atoms with E-state index in [0.29, 0.717) is 6.61 Å². The molecule has 7 nitrogen and oxygen atoms in total. The lowest BCUT2D eigenvalue weighted by Gasteiger charge is -1.99. The molecule has 2 aromatic rings. The van der Waals surface area contributed by atoms with Gasteiger partial charge in [0.05, 0.1) is 12.2 Å². The Morgan fingerprint density at radius 2 is 1.65 bits per heavy atom. The van der Waals surface area contributed by atoms with E-state index in [1.807, 2.05) is 30.3 Å². The van der Waals surface area contributed by atoms with Gasteiger partial charge in [-0.25, -0.2) is 14.4 Å². The summed E-state index contributed by atoms with van der Waals surface area (Å²) >= 11 is 0. The van der Waals surface area contributed by atoms with Crippen LogP contribution in [-0.2, 0) is 9.53 Å². The second-order valence-electron chi connectivity index (χ2n) is 4.84. The van der Waals surface area contributed by atoms with Crippen LogP contribution in [-0.4, -0.2) is 39.8 Å². The molecule has 0 unspecified atom stereocenters. The standard InChI is InChI=1S/C11H12O2.C8H6O5/c1-2-13-11(12)9-8-10-6-4-3-5-7-10;9-6-3-4(7(10)11)1-2-5(6)8(12)13/h3-9H,2H2,1H3;1-3,9H,(H,10,11)(H,12,13). The Balaban J connectivity index is 0.000000260. The predicted octanol–water partition coefficient (Wildman–Crippen LogP) is 3.05. The molecule has 0 bridgehead atoms. The number of phenols is 1. The second-order valence-corrected chi connectivity index (χ2v) is 4.84. The first-order valence-corrected chi connectivity index (χ1v) is 7.54. The van der Waals surface area contributed by atoms with Gasteiger partial charge in [0.25, 0.3) is 0 Å². The molecule has 26 heavy (non-hydrogen) atoms. The maximum absolute atomic E-state index is 10.9. The van der Waals surface area contributed by atoms with Crippen molar-refractivity contribution in [2.24, 2.45) is 0 Å². The summed E-state index contributed by atoms with van der Waals surface area (Å²) in [6.45, 7) is 2.20. The average Bonchev–Trinajstić information content (AvgIpc) is 2.61. The van der Waals surface area contributed by atoms with Crippen LogP contribution >= 0.6 is 0 Å². The number of aromatic carboxylic acids is 2. The highest BCUT2D eigenvalue weighted by atomic mass is 16.5. The number of carboxylic acids is 2. The van der Waals surface area contributed by atoms with Crippen molar-refractivity contribution in [3.05, 3.63) is 71.3 Å². The molecule has 7 heteroatoms. The van der Waals surface area contributed by atoms with Crippen molar-refractivity contribution in [2.45, 2.75) is 6.92 Å². The van der Waals surface area contributed by atoms with Gasteiger partial charge in [-0.15, -0.1) is 0 Å². The zero-order valence-electron chi connectivity index (χ0n) is 14.0. The van der Waals surface area contributed by atoms with Gasteiger partial charge in [-0.1, -0.05) is 30.3 Å². The van der Waals surface area contributed by atoms with Crippen LogP contribution in [0.1, 0.15) is 33.2 Å². The lowest BCUT2D eigenvalue weighted by molar-refractivity contribution is -0.137. The van der Waals surface area contributed by atoms with Gasteiger partial charge in [0.1, 0.15) is 11.3 Å². The van der Waals surface area contributed by atoms with E-state index in [1.54, 1.807) is 13.0 Å². The molecule has 0 heterocycles. The molecular weight excluding hydrogens is 340 g/mol. The minimum Gasteiger partial charge on any atom is -0.507 e. The molecule has 0 amide bonds. The van der Waals surface area contributed by atoms with E-state index >= 15 is 0 Å². The Kier molecular flexibility index (Phi) is 8.09. The molecule has 0 atom stereocenters.